The molecule has 1 atom stereocenters. The second-order valence-corrected chi connectivity index (χ2v) is 5.65. The Labute approximate surface area is 141 Å². The van der Waals surface area contributed by atoms with E-state index in [1.165, 1.54) is 7.11 Å². The molecule has 24 heavy (non-hydrogen) atoms. The fourth-order valence-electron chi connectivity index (χ4n) is 2.34. The summed E-state index contributed by atoms with van der Waals surface area (Å²) in [5, 5.41) is 2.74. The average molecular weight is 327 g/mol. The maximum absolute atomic E-state index is 12.3. The van der Waals surface area contributed by atoms with Gasteiger partial charge in [0.05, 0.1) is 12.7 Å². The fraction of sp³-hybridized carbons (Fsp3) is 0.263. The summed E-state index contributed by atoms with van der Waals surface area (Å²) in [6.07, 6.45) is -0.673. The molecule has 0 aliphatic carbocycles. The van der Waals surface area contributed by atoms with Crippen LogP contribution in [0.1, 0.15) is 28.4 Å². The number of rotatable bonds is 5. The van der Waals surface area contributed by atoms with E-state index in [-0.39, 0.29) is 5.91 Å². The van der Waals surface area contributed by atoms with E-state index < -0.39 is 12.1 Å². The van der Waals surface area contributed by atoms with Gasteiger partial charge in [0.2, 0.25) is 0 Å². The standard InChI is InChI=1S/C19H21NO4/c1-12-8-13(2)10-17(9-12)24-14(3)18(21)20-16-7-5-6-15(11-16)19(22)23-4/h5-11,14H,1-4H3,(H,20,21)/t14-/m0/s1. The van der Waals surface area contributed by atoms with Gasteiger partial charge in [-0.3, -0.25) is 4.79 Å². The second-order valence-electron chi connectivity index (χ2n) is 5.65. The Balaban J connectivity index is 2.05. The van der Waals surface area contributed by atoms with E-state index in [1.807, 2.05) is 32.0 Å². The molecule has 1 N–H and O–H groups in total. The van der Waals surface area contributed by atoms with Crippen molar-refractivity contribution in [1.29, 1.82) is 0 Å². The summed E-state index contributed by atoms with van der Waals surface area (Å²) < 4.78 is 10.4. The van der Waals surface area contributed by atoms with Crippen LogP contribution in [-0.2, 0) is 9.53 Å². The maximum Gasteiger partial charge on any atom is 0.337 e. The maximum atomic E-state index is 12.3. The van der Waals surface area contributed by atoms with Crippen LogP contribution in [0, 0.1) is 13.8 Å². The molecule has 0 aliphatic rings. The van der Waals surface area contributed by atoms with Gasteiger partial charge in [-0.05, 0) is 62.2 Å². The van der Waals surface area contributed by atoms with Crippen molar-refractivity contribution in [3.63, 3.8) is 0 Å². The number of carbonyl (C=O) groups is 2. The summed E-state index contributed by atoms with van der Waals surface area (Å²) in [6, 6.07) is 12.4. The molecular weight excluding hydrogens is 306 g/mol. The lowest BCUT2D eigenvalue weighted by Crippen LogP contribution is -2.30. The van der Waals surface area contributed by atoms with Crippen LogP contribution in [0.3, 0.4) is 0 Å². The largest absolute Gasteiger partial charge is 0.481 e. The lowest BCUT2D eigenvalue weighted by molar-refractivity contribution is -0.122. The topological polar surface area (TPSA) is 64.6 Å². The summed E-state index contributed by atoms with van der Waals surface area (Å²) in [4.78, 5) is 23.8. The monoisotopic (exact) mass is 327 g/mol. The third-order valence-corrected chi connectivity index (χ3v) is 3.43. The Bertz CT molecular complexity index is 735. The highest BCUT2D eigenvalue weighted by molar-refractivity contribution is 5.96. The number of hydrogen-bond donors (Lipinski definition) is 1. The molecule has 0 heterocycles. The minimum atomic E-state index is -0.673. The molecule has 2 aromatic rings. The molecule has 1 amide bonds. The normalized spacial score (nSPS) is 11.5. The quantitative estimate of drug-likeness (QED) is 0.854. The van der Waals surface area contributed by atoms with Crippen molar-refractivity contribution >= 4 is 17.6 Å². The SMILES string of the molecule is COC(=O)c1cccc(NC(=O)[C@H](C)Oc2cc(C)cc(C)c2)c1. The smallest absolute Gasteiger partial charge is 0.337 e. The molecule has 0 saturated heterocycles. The minimum absolute atomic E-state index is 0.295. The Hall–Kier alpha value is -2.82. The highest BCUT2D eigenvalue weighted by Gasteiger charge is 2.16. The molecule has 126 valence electrons. The third-order valence-electron chi connectivity index (χ3n) is 3.43. The average Bonchev–Trinajstić information content (AvgIpc) is 2.53. The number of ether oxygens (including phenoxy) is 2. The molecule has 0 saturated carbocycles. The summed E-state index contributed by atoms with van der Waals surface area (Å²) in [6.45, 7) is 5.63. The van der Waals surface area contributed by atoms with Crippen molar-refractivity contribution in [2.75, 3.05) is 12.4 Å². The number of anilines is 1. The van der Waals surface area contributed by atoms with Gasteiger partial charge in [0.1, 0.15) is 5.75 Å². The van der Waals surface area contributed by atoms with Gasteiger partial charge in [-0.2, -0.15) is 0 Å². The molecule has 2 aromatic carbocycles. The summed E-state index contributed by atoms with van der Waals surface area (Å²) in [5.41, 5.74) is 3.03. The first kappa shape index (κ1) is 17.5. The Kier molecular flexibility index (Phi) is 5.58. The number of nitrogens with one attached hydrogen (secondary N) is 1. The van der Waals surface area contributed by atoms with Crippen LogP contribution >= 0.6 is 0 Å². The number of amides is 1. The molecule has 0 spiro atoms. The first-order valence-electron chi connectivity index (χ1n) is 7.63. The zero-order chi connectivity index (χ0) is 17.7. The van der Waals surface area contributed by atoms with Gasteiger partial charge in [-0.25, -0.2) is 4.79 Å². The van der Waals surface area contributed by atoms with Crippen LogP contribution in [-0.4, -0.2) is 25.1 Å². The highest BCUT2D eigenvalue weighted by atomic mass is 16.5. The van der Waals surface area contributed by atoms with Crippen LogP contribution in [0.25, 0.3) is 0 Å². The predicted octanol–water partition coefficient (Wildman–Crippen LogP) is 3.50. The van der Waals surface area contributed by atoms with Gasteiger partial charge in [-0.1, -0.05) is 12.1 Å². The second kappa shape index (κ2) is 7.64. The van der Waals surface area contributed by atoms with E-state index in [2.05, 4.69) is 10.1 Å². The first-order valence-corrected chi connectivity index (χ1v) is 7.63. The molecule has 0 aliphatic heterocycles. The van der Waals surface area contributed by atoms with Crippen molar-refractivity contribution in [3.8, 4) is 5.75 Å². The van der Waals surface area contributed by atoms with Crippen molar-refractivity contribution in [1.82, 2.24) is 0 Å². The van der Waals surface area contributed by atoms with Crippen molar-refractivity contribution < 1.29 is 19.1 Å². The van der Waals surface area contributed by atoms with Crippen molar-refractivity contribution in [2.24, 2.45) is 0 Å². The van der Waals surface area contributed by atoms with E-state index in [0.29, 0.717) is 17.0 Å². The van der Waals surface area contributed by atoms with E-state index in [1.54, 1.807) is 31.2 Å². The number of aryl methyl sites for hydroxylation is 2. The number of carbonyl (C=O) groups excluding carboxylic acids is 2. The van der Waals surface area contributed by atoms with Crippen LogP contribution in [0.2, 0.25) is 0 Å². The summed E-state index contributed by atoms with van der Waals surface area (Å²) in [7, 11) is 1.31. The highest BCUT2D eigenvalue weighted by Crippen LogP contribution is 2.18. The van der Waals surface area contributed by atoms with E-state index >= 15 is 0 Å². The molecule has 2 rings (SSSR count). The minimum Gasteiger partial charge on any atom is -0.481 e. The van der Waals surface area contributed by atoms with Crippen LogP contribution < -0.4 is 10.1 Å². The van der Waals surface area contributed by atoms with Gasteiger partial charge in [0.15, 0.2) is 6.10 Å². The number of benzene rings is 2. The van der Waals surface area contributed by atoms with Crippen LogP contribution in [0.4, 0.5) is 5.69 Å². The van der Waals surface area contributed by atoms with E-state index in [9.17, 15) is 9.59 Å². The fourth-order valence-corrected chi connectivity index (χ4v) is 2.34. The summed E-state index contributed by atoms with van der Waals surface area (Å²) in [5.74, 6) is -0.0970. The number of methoxy groups -OCH3 is 1. The van der Waals surface area contributed by atoms with Crippen LogP contribution in [0.5, 0.6) is 5.75 Å². The molecule has 0 unspecified atom stereocenters. The van der Waals surface area contributed by atoms with Gasteiger partial charge in [-0.15, -0.1) is 0 Å². The molecule has 5 heteroatoms. The summed E-state index contributed by atoms with van der Waals surface area (Å²) >= 11 is 0. The van der Waals surface area contributed by atoms with Gasteiger partial charge < -0.3 is 14.8 Å². The van der Waals surface area contributed by atoms with Gasteiger partial charge >= 0.3 is 5.97 Å². The van der Waals surface area contributed by atoms with Gasteiger partial charge in [0, 0.05) is 5.69 Å². The predicted molar refractivity (Wildman–Crippen MR) is 92.4 cm³/mol. The molecule has 0 radical (unpaired) electrons. The Morgan fingerprint density at radius 3 is 2.33 bits per heavy atom. The molecule has 0 fully saturated rings. The van der Waals surface area contributed by atoms with E-state index in [0.717, 1.165) is 11.1 Å². The molecule has 0 aromatic heterocycles. The zero-order valence-corrected chi connectivity index (χ0v) is 14.3. The molecular formula is C19H21NO4. The van der Waals surface area contributed by atoms with Gasteiger partial charge in [0.25, 0.3) is 5.91 Å². The molecule has 5 nitrogen and oxygen atoms in total. The zero-order valence-electron chi connectivity index (χ0n) is 14.3. The van der Waals surface area contributed by atoms with Crippen molar-refractivity contribution in [2.45, 2.75) is 26.9 Å². The molecule has 0 bridgehead atoms. The van der Waals surface area contributed by atoms with E-state index in [4.69, 9.17) is 4.74 Å². The number of esters is 1. The Morgan fingerprint density at radius 1 is 1.04 bits per heavy atom. The third kappa shape index (κ3) is 4.59. The lowest BCUT2D eigenvalue weighted by atomic mass is 10.1. The lowest BCUT2D eigenvalue weighted by Gasteiger charge is -2.16. The first-order chi connectivity index (χ1) is 11.4. The Morgan fingerprint density at radius 2 is 1.71 bits per heavy atom. The van der Waals surface area contributed by atoms with Crippen LogP contribution in [0.15, 0.2) is 42.5 Å². The number of hydrogen-bond acceptors (Lipinski definition) is 4. The van der Waals surface area contributed by atoms with Crippen molar-refractivity contribution in [3.05, 3.63) is 59.2 Å².